The molecule has 1 unspecified atom stereocenters. The minimum atomic E-state index is -0.162. The zero-order valence-corrected chi connectivity index (χ0v) is 11.5. The number of carbonyl (C=O) groups is 1. The molecule has 1 aliphatic rings. The maximum absolute atomic E-state index is 12.4. The number of fused-ring (bicyclic) bond motifs is 1. The molecule has 1 atom stereocenters. The topological polar surface area (TPSA) is 41.1 Å². The summed E-state index contributed by atoms with van der Waals surface area (Å²) >= 11 is 0. The number of para-hydroxylation sites is 1. The number of benzene rings is 2. The second-order valence-electron chi connectivity index (χ2n) is 5.21. The van der Waals surface area contributed by atoms with Gasteiger partial charge in [-0.1, -0.05) is 42.5 Å². The summed E-state index contributed by atoms with van der Waals surface area (Å²) in [4.78, 5) is 12.4. The van der Waals surface area contributed by atoms with Crippen molar-refractivity contribution >= 4 is 11.6 Å². The summed E-state index contributed by atoms with van der Waals surface area (Å²) in [5, 5.41) is 6.31. The fraction of sp³-hybridized carbons (Fsp3) is 0.235. The standard InChI is InChI=1S/C17H18N2O/c1-12-6-2-5-9-15(12)19-17(20)16-10-13-7-3-4-8-14(13)11-18-16/h2-9,16,18H,10-11H2,1H3,(H,19,20). The van der Waals surface area contributed by atoms with Crippen molar-refractivity contribution in [2.75, 3.05) is 5.32 Å². The first kappa shape index (κ1) is 12.9. The second kappa shape index (κ2) is 5.47. The molecule has 0 saturated carbocycles. The van der Waals surface area contributed by atoms with E-state index in [-0.39, 0.29) is 11.9 Å². The first-order valence-corrected chi connectivity index (χ1v) is 6.91. The molecular weight excluding hydrogens is 248 g/mol. The van der Waals surface area contributed by atoms with Gasteiger partial charge in [0, 0.05) is 12.2 Å². The van der Waals surface area contributed by atoms with E-state index in [1.54, 1.807) is 0 Å². The Morgan fingerprint density at radius 3 is 2.60 bits per heavy atom. The molecule has 2 N–H and O–H groups in total. The molecule has 1 heterocycles. The SMILES string of the molecule is Cc1ccccc1NC(=O)C1Cc2ccccc2CN1. The van der Waals surface area contributed by atoms with Gasteiger partial charge in [-0.3, -0.25) is 4.79 Å². The van der Waals surface area contributed by atoms with Crippen LogP contribution >= 0.6 is 0 Å². The highest BCUT2D eigenvalue weighted by Gasteiger charge is 2.23. The summed E-state index contributed by atoms with van der Waals surface area (Å²) in [5.74, 6) is 0.0359. The Bertz CT molecular complexity index is 636. The first-order chi connectivity index (χ1) is 9.74. The highest BCUT2D eigenvalue weighted by molar-refractivity contribution is 5.95. The quantitative estimate of drug-likeness (QED) is 0.877. The van der Waals surface area contributed by atoms with E-state index >= 15 is 0 Å². The number of carbonyl (C=O) groups excluding carboxylic acids is 1. The Kier molecular flexibility index (Phi) is 3.52. The third-order valence-electron chi connectivity index (χ3n) is 3.80. The number of rotatable bonds is 2. The van der Waals surface area contributed by atoms with Crippen molar-refractivity contribution in [2.45, 2.75) is 25.9 Å². The molecule has 1 aliphatic heterocycles. The average molecular weight is 266 g/mol. The number of anilines is 1. The van der Waals surface area contributed by atoms with Gasteiger partial charge in [0.15, 0.2) is 0 Å². The molecule has 20 heavy (non-hydrogen) atoms. The Morgan fingerprint density at radius 2 is 1.80 bits per heavy atom. The van der Waals surface area contributed by atoms with E-state index in [1.165, 1.54) is 11.1 Å². The Morgan fingerprint density at radius 1 is 1.10 bits per heavy atom. The maximum Gasteiger partial charge on any atom is 0.241 e. The van der Waals surface area contributed by atoms with Crippen molar-refractivity contribution in [2.24, 2.45) is 0 Å². The molecule has 0 aromatic heterocycles. The van der Waals surface area contributed by atoms with Crippen molar-refractivity contribution in [3.05, 3.63) is 65.2 Å². The van der Waals surface area contributed by atoms with Crippen LogP contribution in [0.5, 0.6) is 0 Å². The van der Waals surface area contributed by atoms with Crippen LogP contribution in [0.3, 0.4) is 0 Å². The van der Waals surface area contributed by atoms with Crippen molar-refractivity contribution in [3.63, 3.8) is 0 Å². The lowest BCUT2D eigenvalue weighted by Crippen LogP contribution is -2.44. The molecule has 3 rings (SSSR count). The number of hydrogen-bond donors (Lipinski definition) is 2. The predicted octanol–water partition coefficient (Wildman–Crippen LogP) is 2.65. The minimum Gasteiger partial charge on any atom is -0.324 e. The lowest BCUT2D eigenvalue weighted by molar-refractivity contribution is -0.118. The van der Waals surface area contributed by atoms with E-state index in [0.29, 0.717) is 0 Å². The van der Waals surface area contributed by atoms with Crippen molar-refractivity contribution < 1.29 is 4.79 Å². The third kappa shape index (κ3) is 2.58. The van der Waals surface area contributed by atoms with Crippen molar-refractivity contribution in [1.82, 2.24) is 5.32 Å². The van der Waals surface area contributed by atoms with Crippen LogP contribution in [-0.4, -0.2) is 11.9 Å². The van der Waals surface area contributed by atoms with Gasteiger partial charge >= 0.3 is 0 Å². The van der Waals surface area contributed by atoms with Crippen molar-refractivity contribution in [3.8, 4) is 0 Å². The monoisotopic (exact) mass is 266 g/mol. The zero-order valence-electron chi connectivity index (χ0n) is 11.5. The molecule has 0 saturated heterocycles. The van der Waals surface area contributed by atoms with Gasteiger partial charge in [0.2, 0.25) is 5.91 Å². The lowest BCUT2D eigenvalue weighted by Gasteiger charge is -2.25. The largest absolute Gasteiger partial charge is 0.324 e. The summed E-state index contributed by atoms with van der Waals surface area (Å²) in [5.41, 5.74) is 4.51. The van der Waals surface area contributed by atoms with Gasteiger partial charge in [0.05, 0.1) is 6.04 Å². The van der Waals surface area contributed by atoms with Crippen LogP contribution in [0.25, 0.3) is 0 Å². The van der Waals surface area contributed by atoms with Crippen LogP contribution < -0.4 is 10.6 Å². The second-order valence-corrected chi connectivity index (χ2v) is 5.21. The van der Waals surface area contributed by atoms with Crippen LogP contribution in [0.1, 0.15) is 16.7 Å². The van der Waals surface area contributed by atoms with E-state index in [4.69, 9.17) is 0 Å². The summed E-state index contributed by atoms with van der Waals surface area (Å²) in [6.45, 7) is 2.75. The Hall–Kier alpha value is -2.13. The van der Waals surface area contributed by atoms with Crippen LogP contribution in [0.15, 0.2) is 48.5 Å². The minimum absolute atomic E-state index is 0.0359. The summed E-state index contributed by atoms with van der Waals surface area (Å²) < 4.78 is 0. The van der Waals surface area contributed by atoms with E-state index in [2.05, 4.69) is 22.8 Å². The fourth-order valence-corrected chi connectivity index (χ4v) is 2.57. The predicted molar refractivity (Wildman–Crippen MR) is 80.6 cm³/mol. The molecular formula is C17H18N2O. The van der Waals surface area contributed by atoms with Crippen molar-refractivity contribution in [1.29, 1.82) is 0 Å². The molecule has 3 nitrogen and oxygen atoms in total. The van der Waals surface area contributed by atoms with E-state index in [9.17, 15) is 4.79 Å². The molecule has 102 valence electrons. The maximum atomic E-state index is 12.4. The van der Waals surface area contributed by atoms with Gasteiger partial charge in [-0.15, -0.1) is 0 Å². The van der Waals surface area contributed by atoms with Crippen LogP contribution in [0, 0.1) is 6.92 Å². The zero-order chi connectivity index (χ0) is 13.9. The Labute approximate surface area is 119 Å². The van der Waals surface area contributed by atoms with Crippen LogP contribution in [-0.2, 0) is 17.8 Å². The van der Waals surface area contributed by atoms with E-state index < -0.39 is 0 Å². The normalized spacial score (nSPS) is 17.4. The molecule has 2 aromatic carbocycles. The van der Waals surface area contributed by atoms with Crippen LogP contribution in [0.2, 0.25) is 0 Å². The smallest absolute Gasteiger partial charge is 0.241 e. The molecule has 0 radical (unpaired) electrons. The van der Waals surface area contributed by atoms with Gasteiger partial charge in [0.1, 0.15) is 0 Å². The van der Waals surface area contributed by atoms with Crippen LogP contribution in [0.4, 0.5) is 5.69 Å². The number of nitrogens with one attached hydrogen (secondary N) is 2. The van der Waals surface area contributed by atoms with Gasteiger partial charge in [-0.2, -0.15) is 0 Å². The Balaban J connectivity index is 1.72. The van der Waals surface area contributed by atoms with Gasteiger partial charge < -0.3 is 10.6 Å². The van der Waals surface area contributed by atoms with Gasteiger partial charge in [-0.05, 0) is 36.1 Å². The molecule has 0 fully saturated rings. The molecule has 2 aromatic rings. The van der Waals surface area contributed by atoms with Gasteiger partial charge in [0.25, 0.3) is 0 Å². The van der Waals surface area contributed by atoms with Gasteiger partial charge in [-0.25, -0.2) is 0 Å². The van der Waals surface area contributed by atoms with E-state index in [1.807, 2.05) is 43.3 Å². The van der Waals surface area contributed by atoms with E-state index in [0.717, 1.165) is 24.2 Å². The summed E-state index contributed by atoms with van der Waals surface area (Å²) in [7, 11) is 0. The highest BCUT2D eigenvalue weighted by Crippen LogP contribution is 2.18. The molecule has 0 bridgehead atoms. The summed E-state index contributed by atoms with van der Waals surface area (Å²) in [6, 6.07) is 16.0. The first-order valence-electron chi connectivity index (χ1n) is 6.91. The number of aryl methyl sites for hydroxylation is 1. The third-order valence-corrected chi connectivity index (χ3v) is 3.80. The molecule has 0 spiro atoms. The fourth-order valence-electron chi connectivity index (χ4n) is 2.57. The molecule has 1 amide bonds. The summed E-state index contributed by atoms with van der Waals surface area (Å²) in [6.07, 6.45) is 0.744. The molecule has 0 aliphatic carbocycles. The average Bonchev–Trinajstić information content (AvgIpc) is 2.49. The number of amides is 1. The highest BCUT2D eigenvalue weighted by atomic mass is 16.2. The molecule has 3 heteroatoms. The number of hydrogen-bond acceptors (Lipinski definition) is 2. The lowest BCUT2D eigenvalue weighted by atomic mass is 9.95.